The minimum atomic E-state index is -4.09. The molecule has 0 bridgehead atoms. The molecule has 114 valence electrons. The quantitative estimate of drug-likeness (QED) is 0.818. The number of aromatic nitrogens is 1. The number of sulfonamides is 1. The van der Waals surface area contributed by atoms with Gasteiger partial charge in [0, 0.05) is 24.4 Å². The van der Waals surface area contributed by atoms with Crippen LogP contribution in [0, 0.1) is 18.6 Å². The van der Waals surface area contributed by atoms with Gasteiger partial charge in [-0.2, -0.15) is 0 Å². The van der Waals surface area contributed by atoms with E-state index in [-0.39, 0.29) is 6.54 Å². The van der Waals surface area contributed by atoms with Gasteiger partial charge in [-0.15, -0.1) is 11.3 Å². The zero-order chi connectivity index (χ0) is 15.6. The van der Waals surface area contributed by atoms with Crippen molar-refractivity contribution in [2.75, 3.05) is 12.3 Å². The van der Waals surface area contributed by atoms with Gasteiger partial charge in [0.2, 0.25) is 10.0 Å². The maximum Gasteiger partial charge on any atom is 0.243 e. The molecule has 0 aliphatic rings. The van der Waals surface area contributed by atoms with E-state index >= 15 is 0 Å². The predicted octanol–water partition coefficient (Wildman–Crippen LogP) is 1.83. The summed E-state index contributed by atoms with van der Waals surface area (Å²) in [6.45, 7) is 1.90. The average Bonchev–Trinajstić information content (AvgIpc) is 2.79. The summed E-state index contributed by atoms with van der Waals surface area (Å²) in [6, 6.07) is 1.22. The Bertz CT molecular complexity index is 760. The van der Waals surface area contributed by atoms with Gasteiger partial charge < -0.3 is 5.73 Å². The molecule has 0 saturated carbocycles. The summed E-state index contributed by atoms with van der Waals surface area (Å²) < 4.78 is 52.8. The van der Waals surface area contributed by atoms with Crippen LogP contribution in [0.2, 0.25) is 0 Å². The van der Waals surface area contributed by atoms with Crippen molar-refractivity contribution >= 4 is 27.0 Å². The Morgan fingerprint density at radius 2 is 2.05 bits per heavy atom. The SMILES string of the molecule is Cc1nc(CCNS(=O)(=O)c2cc(N)c(F)cc2F)cs1. The van der Waals surface area contributed by atoms with Gasteiger partial charge >= 0.3 is 0 Å². The first-order valence-corrected chi connectivity index (χ1v) is 8.31. The molecule has 1 aromatic carbocycles. The van der Waals surface area contributed by atoms with E-state index < -0.39 is 32.2 Å². The largest absolute Gasteiger partial charge is 0.396 e. The van der Waals surface area contributed by atoms with E-state index in [1.165, 1.54) is 11.3 Å². The van der Waals surface area contributed by atoms with E-state index in [1.54, 1.807) is 0 Å². The minimum absolute atomic E-state index is 0.0578. The lowest BCUT2D eigenvalue weighted by Crippen LogP contribution is -2.27. The zero-order valence-electron chi connectivity index (χ0n) is 11.1. The number of hydrogen-bond acceptors (Lipinski definition) is 5. The van der Waals surface area contributed by atoms with E-state index in [1.807, 2.05) is 12.3 Å². The highest BCUT2D eigenvalue weighted by atomic mass is 32.2. The van der Waals surface area contributed by atoms with Crippen LogP contribution in [0.15, 0.2) is 22.4 Å². The van der Waals surface area contributed by atoms with Crippen LogP contribution >= 0.6 is 11.3 Å². The number of nitrogens with zero attached hydrogens (tertiary/aromatic N) is 1. The second-order valence-corrected chi connectivity index (χ2v) is 7.11. The monoisotopic (exact) mass is 333 g/mol. The van der Waals surface area contributed by atoms with Crippen molar-refractivity contribution in [3.63, 3.8) is 0 Å². The number of hydrogen-bond donors (Lipinski definition) is 2. The summed E-state index contributed by atoms with van der Waals surface area (Å²) in [7, 11) is -4.09. The van der Waals surface area contributed by atoms with E-state index in [0.717, 1.165) is 16.8 Å². The third-order valence-corrected chi connectivity index (χ3v) is 4.98. The van der Waals surface area contributed by atoms with Gasteiger partial charge in [-0.05, 0) is 13.0 Å². The Labute approximate surface area is 124 Å². The van der Waals surface area contributed by atoms with Crippen LogP contribution in [-0.2, 0) is 16.4 Å². The molecule has 0 fully saturated rings. The molecule has 1 heterocycles. The molecule has 2 aromatic rings. The highest BCUT2D eigenvalue weighted by molar-refractivity contribution is 7.89. The van der Waals surface area contributed by atoms with Gasteiger partial charge in [-0.25, -0.2) is 26.9 Å². The smallest absolute Gasteiger partial charge is 0.243 e. The summed E-state index contributed by atoms with van der Waals surface area (Å²) in [5, 5.41) is 2.70. The number of rotatable bonds is 5. The molecule has 5 nitrogen and oxygen atoms in total. The van der Waals surface area contributed by atoms with Crippen LogP contribution in [0.1, 0.15) is 10.7 Å². The predicted molar refractivity (Wildman–Crippen MR) is 76.5 cm³/mol. The van der Waals surface area contributed by atoms with Crippen LogP contribution in [0.3, 0.4) is 0 Å². The molecule has 0 saturated heterocycles. The number of thiazole rings is 1. The fourth-order valence-corrected chi connectivity index (χ4v) is 3.44. The summed E-state index contributed by atoms with van der Waals surface area (Å²) in [4.78, 5) is 3.52. The molecule has 0 amide bonds. The standard InChI is InChI=1S/C12H13F2N3O2S2/c1-7-17-8(6-20-7)2-3-16-21(18,19)12-5-11(15)9(13)4-10(12)14/h4-6,16H,2-3,15H2,1H3. The third kappa shape index (κ3) is 3.74. The van der Waals surface area contributed by atoms with Crippen molar-refractivity contribution in [2.45, 2.75) is 18.2 Å². The number of anilines is 1. The lowest BCUT2D eigenvalue weighted by Gasteiger charge is -2.08. The van der Waals surface area contributed by atoms with E-state index in [9.17, 15) is 17.2 Å². The van der Waals surface area contributed by atoms with Crippen molar-refractivity contribution in [3.05, 3.63) is 39.8 Å². The van der Waals surface area contributed by atoms with E-state index in [2.05, 4.69) is 9.71 Å². The van der Waals surface area contributed by atoms with Crippen molar-refractivity contribution < 1.29 is 17.2 Å². The average molecular weight is 333 g/mol. The maximum absolute atomic E-state index is 13.6. The van der Waals surface area contributed by atoms with E-state index in [4.69, 9.17) is 5.73 Å². The lowest BCUT2D eigenvalue weighted by atomic mass is 10.3. The molecule has 2 rings (SSSR count). The molecule has 1 aromatic heterocycles. The molecular formula is C12H13F2N3O2S2. The van der Waals surface area contributed by atoms with Gasteiger partial charge in [0.05, 0.1) is 16.4 Å². The van der Waals surface area contributed by atoms with Gasteiger partial charge in [-0.3, -0.25) is 0 Å². The van der Waals surface area contributed by atoms with Crippen LogP contribution in [0.25, 0.3) is 0 Å². The maximum atomic E-state index is 13.6. The summed E-state index contributed by atoms with van der Waals surface area (Å²) in [5.41, 5.74) is 5.59. The fraction of sp³-hybridized carbons (Fsp3) is 0.250. The van der Waals surface area contributed by atoms with Crippen molar-refractivity contribution in [3.8, 4) is 0 Å². The highest BCUT2D eigenvalue weighted by Crippen LogP contribution is 2.20. The van der Waals surface area contributed by atoms with Crippen LogP contribution in [0.4, 0.5) is 14.5 Å². The Hall–Kier alpha value is -1.58. The van der Waals surface area contributed by atoms with Crippen molar-refractivity contribution in [1.29, 1.82) is 0 Å². The topological polar surface area (TPSA) is 85.1 Å². The van der Waals surface area contributed by atoms with Gasteiger partial charge in [0.15, 0.2) is 0 Å². The second kappa shape index (κ2) is 6.04. The van der Waals surface area contributed by atoms with Crippen LogP contribution < -0.4 is 10.5 Å². The number of nitrogens with two attached hydrogens (primary N) is 1. The number of benzene rings is 1. The van der Waals surface area contributed by atoms with Gasteiger partial charge in [-0.1, -0.05) is 0 Å². The number of halogens is 2. The lowest BCUT2D eigenvalue weighted by molar-refractivity contribution is 0.544. The molecular weight excluding hydrogens is 320 g/mol. The Kier molecular flexibility index (Phi) is 4.55. The Balaban J connectivity index is 2.10. The van der Waals surface area contributed by atoms with Crippen LogP contribution in [-0.4, -0.2) is 19.9 Å². The summed E-state index contributed by atoms with van der Waals surface area (Å²) >= 11 is 1.46. The Morgan fingerprint density at radius 1 is 1.33 bits per heavy atom. The molecule has 0 aliphatic heterocycles. The molecule has 0 aliphatic carbocycles. The molecule has 0 unspecified atom stereocenters. The molecule has 0 spiro atoms. The van der Waals surface area contributed by atoms with Crippen molar-refractivity contribution in [1.82, 2.24) is 9.71 Å². The summed E-state index contributed by atoms with van der Waals surface area (Å²) in [6.07, 6.45) is 0.377. The normalized spacial score (nSPS) is 11.8. The molecule has 0 atom stereocenters. The number of nitrogens with one attached hydrogen (secondary N) is 1. The second-order valence-electron chi connectivity index (χ2n) is 4.31. The highest BCUT2D eigenvalue weighted by Gasteiger charge is 2.20. The minimum Gasteiger partial charge on any atom is -0.396 e. The first kappa shape index (κ1) is 15.8. The molecule has 3 N–H and O–H groups in total. The fourth-order valence-electron chi connectivity index (χ4n) is 1.67. The van der Waals surface area contributed by atoms with Crippen molar-refractivity contribution in [2.24, 2.45) is 0 Å². The first-order valence-electron chi connectivity index (χ1n) is 5.95. The third-order valence-electron chi connectivity index (χ3n) is 2.68. The van der Waals surface area contributed by atoms with Gasteiger partial charge in [0.1, 0.15) is 16.5 Å². The number of aryl methyl sites for hydroxylation is 1. The molecule has 21 heavy (non-hydrogen) atoms. The number of nitrogen functional groups attached to an aromatic ring is 1. The first-order chi connectivity index (χ1) is 9.79. The van der Waals surface area contributed by atoms with E-state index in [0.29, 0.717) is 12.5 Å². The summed E-state index contributed by atoms with van der Waals surface area (Å²) in [5.74, 6) is -2.18. The molecule has 0 radical (unpaired) electrons. The Morgan fingerprint density at radius 3 is 2.67 bits per heavy atom. The van der Waals surface area contributed by atoms with Crippen LogP contribution in [0.5, 0.6) is 0 Å². The zero-order valence-corrected chi connectivity index (χ0v) is 12.7. The van der Waals surface area contributed by atoms with Gasteiger partial charge in [0.25, 0.3) is 0 Å². The molecule has 9 heteroatoms.